The van der Waals surface area contributed by atoms with Crippen LogP contribution in [0.5, 0.6) is 5.75 Å². The molecule has 1 heterocycles. The van der Waals surface area contributed by atoms with E-state index in [0.29, 0.717) is 34.0 Å². The standard InChI is InChI=1S/C25H22N4O4S/c1-33-19-11-7-10-18(14-19)29-23(31)20-12-5-6-13-21(20)27-25(29)34-16-22(30)28-24(32)26-15-17-8-3-2-4-9-17/h2-14H,15-16H2,1H3,(H2,26,28,30,32). The van der Waals surface area contributed by atoms with E-state index in [1.54, 1.807) is 55.6 Å². The lowest BCUT2D eigenvalue weighted by molar-refractivity contribution is -0.117. The number of nitrogens with one attached hydrogen (secondary N) is 2. The van der Waals surface area contributed by atoms with Gasteiger partial charge in [0.15, 0.2) is 5.16 Å². The maximum Gasteiger partial charge on any atom is 0.321 e. The van der Waals surface area contributed by atoms with E-state index >= 15 is 0 Å². The van der Waals surface area contributed by atoms with E-state index in [0.717, 1.165) is 17.3 Å². The van der Waals surface area contributed by atoms with E-state index in [-0.39, 0.29) is 11.3 Å². The molecule has 0 atom stereocenters. The molecule has 0 bridgehead atoms. The third-order valence-corrected chi connectivity index (χ3v) is 5.88. The number of rotatable bonds is 7. The Morgan fingerprint density at radius 3 is 2.56 bits per heavy atom. The van der Waals surface area contributed by atoms with E-state index in [1.807, 2.05) is 30.3 Å². The van der Waals surface area contributed by atoms with Crippen molar-refractivity contribution < 1.29 is 14.3 Å². The molecule has 0 aliphatic heterocycles. The van der Waals surface area contributed by atoms with Gasteiger partial charge in [-0.3, -0.25) is 19.5 Å². The number of imide groups is 1. The normalized spacial score (nSPS) is 10.6. The molecule has 0 aliphatic rings. The Morgan fingerprint density at radius 1 is 1.00 bits per heavy atom. The van der Waals surface area contributed by atoms with Gasteiger partial charge in [0.2, 0.25) is 5.91 Å². The molecule has 4 aromatic rings. The third kappa shape index (κ3) is 5.44. The largest absolute Gasteiger partial charge is 0.497 e. The van der Waals surface area contributed by atoms with Crippen LogP contribution in [0.4, 0.5) is 4.79 Å². The van der Waals surface area contributed by atoms with Crippen LogP contribution in [0.1, 0.15) is 5.56 Å². The van der Waals surface area contributed by atoms with Gasteiger partial charge < -0.3 is 10.1 Å². The predicted molar refractivity (Wildman–Crippen MR) is 131 cm³/mol. The number of benzene rings is 3. The molecular formula is C25H22N4O4S. The minimum atomic E-state index is -0.592. The highest BCUT2D eigenvalue weighted by Crippen LogP contribution is 2.23. The number of nitrogens with zero attached hydrogens (tertiary/aromatic N) is 2. The Labute approximate surface area is 200 Å². The summed E-state index contributed by atoms with van der Waals surface area (Å²) in [5, 5.41) is 5.74. The maximum absolute atomic E-state index is 13.3. The molecule has 0 spiro atoms. The van der Waals surface area contributed by atoms with Gasteiger partial charge in [0, 0.05) is 12.6 Å². The summed E-state index contributed by atoms with van der Waals surface area (Å²) >= 11 is 1.07. The van der Waals surface area contributed by atoms with E-state index in [2.05, 4.69) is 15.6 Å². The smallest absolute Gasteiger partial charge is 0.321 e. The summed E-state index contributed by atoms with van der Waals surface area (Å²) in [5.74, 6) is -0.0236. The van der Waals surface area contributed by atoms with Gasteiger partial charge in [0.1, 0.15) is 5.75 Å². The lowest BCUT2D eigenvalue weighted by Crippen LogP contribution is -2.40. The van der Waals surface area contributed by atoms with E-state index in [9.17, 15) is 14.4 Å². The van der Waals surface area contributed by atoms with Gasteiger partial charge in [-0.1, -0.05) is 60.3 Å². The van der Waals surface area contributed by atoms with Crippen molar-refractivity contribution in [2.24, 2.45) is 0 Å². The molecule has 8 nitrogen and oxygen atoms in total. The number of amides is 3. The average Bonchev–Trinajstić information content (AvgIpc) is 2.87. The summed E-state index contributed by atoms with van der Waals surface area (Å²) in [6.45, 7) is 0.300. The number of hydrogen-bond acceptors (Lipinski definition) is 6. The first-order valence-corrected chi connectivity index (χ1v) is 11.4. The van der Waals surface area contributed by atoms with Crippen LogP contribution >= 0.6 is 11.8 Å². The van der Waals surface area contributed by atoms with Crippen LogP contribution in [0.3, 0.4) is 0 Å². The summed E-state index contributed by atoms with van der Waals surface area (Å²) in [4.78, 5) is 42.4. The second kappa shape index (κ2) is 10.7. The first-order valence-electron chi connectivity index (χ1n) is 10.5. The number of carbonyl (C=O) groups is 2. The minimum absolute atomic E-state index is 0.104. The lowest BCUT2D eigenvalue weighted by Gasteiger charge is -2.14. The van der Waals surface area contributed by atoms with Gasteiger partial charge in [-0.25, -0.2) is 9.78 Å². The fourth-order valence-electron chi connectivity index (χ4n) is 3.30. The molecule has 0 saturated heterocycles. The number of aromatic nitrogens is 2. The van der Waals surface area contributed by atoms with Crippen molar-refractivity contribution in [2.45, 2.75) is 11.7 Å². The number of hydrogen-bond donors (Lipinski definition) is 2. The quantitative estimate of drug-likeness (QED) is 0.314. The van der Waals surface area contributed by atoms with Gasteiger partial charge in [0.25, 0.3) is 5.56 Å². The molecule has 0 radical (unpaired) electrons. The van der Waals surface area contributed by atoms with Gasteiger partial charge >= 0.3 is 6.03 Å². The third-order valence-electron chi connectivity index (χ3n) is 4.94. The SMILES string of the molecule is COc1cccc(-n2c(SCC(=O)NC(=O)NCc3ccccc3)nc3ccccc3c2=O)c1. The van der Waals surface area contributed by atoms with Crippen LogP contribution in [0.2, 0.25) is 0 Å². The molecule has 2 N–H and O–H groups in total. The Hall–Kier alpha value is -4.11. The minimum Gasteiger partial charge on any atom is -0.497 e. The first kappa shape index (κ1) is 23.1. The summed E-state index contributed by atoms with van der Waals surface area (Å²) in [6, 6.07) is 22.8. The van der Waals surface area contributed by atoms with Crippen LogP contribution in [0.15, 0.2) is 88.8 Å². The molecule has 0 unspecified atom stereocenters. The Kier molecular flexibility index (Phi) is 7.24. The summed E-state index contributed by atoms with van der Waals surface area (Å²) < 4.78 is 6.73. The molecular weight excluding hydrogens is 452 g/mol. The van der Waals surface area contributed by atoms with Gasteiger partial charge in [-0.15, -0.1) is 0 Å². The van der Waals surface area contributed by atoms with Crippen LogP contribution in [0, 0.1) is 0 Å². The average molecular weight is 475 g/mol. The van der Waals surface area contributed by atoms with Crippen LogP contribution in [-0.4, -0.2) is 34.4 Å². The fraction of sp³-hybridized carbons (Fsp3) is 0.120. The number of ether oxygens (including phenoxy) is 1. The molecule has 3 amide bonds. The highest BCUT2D eigenvalue weighted by Gasteiger charge is 2.16. The summed E-state index contributed by atoms with van der Waals surface area (Å²) in [5.41, 5.74) is 1.74. The highest BCUT2D eigenvalue weighted by molar-refractivity contribution is 7.99. The highest BCUT2D eigenvalue weighted by atomic mass is 32.2. The van der Waals surface area contributed by atoms with Gasteiger partial charge in [-0.05, 0) is 29.8 Å². The molecule has 0 aliphatic carbocycles. The van der Waals surface area contributed by atoms with Crippen LogP contribution in [-0.2, 0) is 11.3 Å². The monoisotopic (exact) mass is 474 g/mol. The Bertz CT molecular complexity index is 1390. The lowest BCUT2D eigenvalue weighted by atomic mass is 10.2. The first-order chi connectivity index (χ1) is 16.5. The molecule has 9 heteroatoms. The van der Waals surface area contributed by atoms with E-state index in [1.165, 1.54) is 4.57 Å². The fourth-order valence-corrected chi connectivity index (χ4v) is 4.11. The summed E-state index contributed by atoms with van der Waals surface area (Å²) in [7, 11) is 1.55. The molecule has 3 aromatic carbocycles. The van der Waals surface area contributed by atoms with Crippen molar-refractivity contribution in [3.8, 4) is 11.4 Å². The molecule has 4 rings (SSSR count). The summed E-state index contributed by atoms with van der Waals surface area (Å²) in [6.07, 6.45) is 0. The number of fused-ring (bicyclic) bond motifs is 1. The van der Waals surface area contributed by atoms with E-state index in [4.69, 9.17) is 4.74 Å². The maximum atomic E-state index is 13.3. The molecule has 0 fully saturated rings. The van der Waals surface area contributed by atoms with Gasteiger partial charge in [-0.2, -0.15) is 0 Å². The Morgan fingerprint density at radius 2 is 1.76 bits per heavy atom. The number of methoxy groups -OCH3 is 1. The number of thioether (sulfide) groups is 1. The van der Waals surface area contributed by atoms with Crippen molar-refractivity contribution in [1.82, 2.24) is 20.2 Å². The van der Waals surface area contributed by atoms with Crippen molar-refractivity contribution in [3.05, 3.63) is 94.8 Å². The number of carbonyl (C=O) groups excluding carboxylic acids is 2. The number of para-hydroxylation sites is 1. The van der Waals surface area contributed by atoms with Crippen molar-refractivity contribution in [1.29, 1.82) is 0 Å². The van der Waals surface area contributed by atoms with Crippen LogP contribution < -0.4 is 20.9 Å². The van der Waals surface area contributed by atoms with E-state index < -0.39 is 11.9 Å². The molecule has 34 heavy (non-hydrogen) atoms. The van der Waals surface area contributed by atoms with Crippen molar-refractivity contribution in [3.63, 3.8) is 0 Å². The molecule has 0 saturated carbocycles. The van der Waals surface area contributed by atoms with Gasteiger partial charge in [0.05, 0.1) is 29.5 Å². The second-order valence-corrected chi connectivity index (χ2v) is 8.20. The topological polar surface area (TPSA) is 102 Å². The zero-order valence-corrected chi connectivity index (χ0v) is 19.2. The molecule has 1 aromatic heterocycles. The van der Waals surface area contributed by atoms with Crippen LogP contribution in [0.25, 0.3) is 16.6 Å². The zero-order valence-electron chi connectivity index (χ0n) is 18.4. The van der Waals surface area contributed by atoms with Crippen molar-refractivity contribution in [2.75, 3.05) is 12.9 Å². The second-order valence-electron chi connectivity index (χ2n) is 7.26. The zero-order chi connectivity index (χ0) is 23.9. The predicted octanol–water partition coefficient (Wildman–Crippen LogP) is 3.51. The van der Waals surface area contributed by atoms with Crippen molar-refractivity contribution >= 4 is 34.6 Å². The Balaban J connectivity index is 1.52. The molecule has 172 valence electrons. The number of urea groups is 1.